The monoisotopic (exact) mass is 340 g/mol. The summed E-state index contributed by atoms with van der Waals surface area (Å²) in [7, 11) is -7.65. The zero-order chi connectivity index (χ0) is 16.5. The maximum Gasteiger partial charge on any atom is 0.238 e. The fourth-order valence-electron chi connectivity index (χ4n) is 1.76. The van der Waals surface area contributed by atoms with Crippen molar-refractivity contribution in [3.8, 4) is 0 Å². The predicted octanol–water partition coefficient (Wildman–Crippen LogP) is 0.212. The number of hydrogen-bond donors (Lipinski definition) is 2. The van der Waals surface area contributed by atoms with Crippen molar-refractivity contribution in [1.82, 2.24) is 0 Å². The fourth-order valence-corrected chi connectivity index (χ4v) is 2.79. The molecule has 4 N–H and O–H groups in total. The van der Waals surface area contributed by atoms with E-state index in [1.54, 1.807) is 0 Å². The summed E-state index contributed by atoms with van der Waals surface area (Å²) < 4.78 is 44.6. The van der Waals surface area contributed by atoms with Gasteiger partial charge in [-0.2, -0.15) is 0 Å². The van der Waals surface area contributed by atoms with Gasteiger partial charge in [0.15, 0.2) is 5.78 Å². The average Bonchev–Trinajstić information content (AvgIpc) is 2.45. The molecule has 0 spiro atoms. The smallest absolute Gasteiger partial charge is 0.238 e. The highest BCUT2D eigenvalue weighted by atomic mass is 32.2. The number of hydrogen-bond acceptors (Lipinski definition) is 5. The summed E-state index contributed by atoms with van der Waals surface area (Å²) in [6.07, 6.45) is 0. The SMILES string of the molecule is NS(=O)(=O)c1ccc(C(=O)c2ccc(S(N)(=O)=O)cc2)cc1. The van der Waals surface area contributed by atoms with Crippen molar-refractivity contribution in [2.45, 2.75) is 9.79 Å². The Morgan fingerprint density at radius 3 is 1.14 bits per heavy atom. The molecule has 0 amide bonds. The normalized spacial score (nSPS) is 12.1. The van der Waals surface area contributed by atoms with Crippen molar-refractivity contribution in [2.75, 3.05) is 0 Å². The first-order valence-electron chi connectivity index (χ1n) is 5.89. The van der Waals surface area contributed by atoms with Crippen LogP contribution in [-0.4, -0.2) is 22.6 Å². The van der Waals surface area contributed by atoms with Crippen molar-refractivity contribution in [2.24, 2.45) is 10.3 Å². The minimum Gasteiger partial charge on any atom is -0.289 e. The fraction of sp³-hybridized carbons (Fsp3) is 0. The molecule has 22 heavy (non-hydrogen) atoms. The van der Waals surface area contributed by atoms with E-state index in [1.165, 1.54) is 48.5 Å². The molecule has 7 nitrogen and oxygen atoms in total. The quantitative estimate of drug-likeness (QED) is 0.766. The van der Waals surface area contributed by atoms with Crippen LogP contribution in [0.15, 0.2) is 58.3 Å². The molecule has 0 fully saturated rings. The molecule has 0 atom stereocenters. The molecule has 0 unspecified atom stereocenters. The van der Waals surface area contributed by atoms with Crippen molar-refractivity contribution < 1.29 is 21.6 Å². The van der Waals surface area contributed by atoms with Crippen LogP contribution >= 0.6 is 0 Å². The van der Waals surface area contributed by atoms with Gasteiger partial charge in [-0.1, -0.05) is 0 Å². The number of rotatable bonds is 4. The molecule has 9 heteroatoms. The maximum atomic E-state index is 12.2. The van der Waals surface area contributed by atoms with Crippen molar-refractivity contribution in [1.29, 1.82) is 0 Å². The molecule has 0 saturated heterocycles. The van der Waals surface area contributed by atoms with Gasteiger partial charge >= 0.3 is 0 Å². The van der Waals surface area contributed by atoms with E-state index in [9.17, 15) is 21.6 Å². The Labute approximate surface area is 127 Å². The second-order valence-corrected chi connectivity index (χ2v) is 7.59. The number of nitrogens with two attached hydrogens (primary N) is 2. The minimum absolute atomic E-state index is 0.103. The van der Waals surface area contributed by atoms with Crippen LogP contribution in [0.1, 0.15) is 15.9 Å². The van der Waals surface area contributed by atoms with Gasteiger partial charge in [-0.05, 0) is 48.5 Å². The maximum absolute atomic E-state index is 12.2. The summed E-state index contributed by atoms with van der Waals surface area (Å²) in [5, 5.41) is 9.94. The lowest BCUT2D eigenvalue weighted by Gasteiger charge is -2.04. The van der Waals surface area contributed by atoms with E-state index >= 15 is 0 Å². The molecule has 0 aliphatic heterocycles. The second kappa shape index (κ2) is 5.61. The number of ketones is 1. The van der Waals surface area contributed by atoms with Crippen LogP contribution in [0.25, 0.3) is 0 Å². The van der Waals surface area contributed by atoms with Crippen LogP contribution in [0.4, 0.5) is 0 Å². The summed E-state index contributed by atoms with van der Waals surface area (Å²) in [6, 6.07) is 10.2. The Bertz CT molecular complexity index is 838. The molecule has 0 aromatic heterocycles. The molecule has 0 bridgehead atoms. The molecule has 0 saturated carbocycles. The van der Waals surface area contributed by atoms with E-state index < -0.39 is 20.0 Å². The Kier molecular flexibility index (Phi) is 4.16. The van der Waals surface area contributed by atoms with Gasteiger partial charge in [-0.25, -0.2) is 27.1 Å². The van der Waals surface area contributed by atoms with Crippen LogP contribution in [0, 0.1) is 0 Å². The largest absolute Gasteiger partial charge is 0.289 e. The average molecular weight is 340 g/mol. The molecular weight excluding hydrogens is 328 g/mol. The van der Waals surface area contributed by atoms with Crippen LogP contribution in [0.5, 0.6) is 0 Å². The van der Waals surface area contributed by atoms with Crippen molar-refractivity contribution >= 4 is 25.8 Å². The Hall–Kier alpha value is -2.07. The first kappa shape index (κ1) is 16.3. The summed E-state index contributed by atoms with van der Waals surface area (Å²) in [5.41, 5.74) is 0.492. The molecule has 0 heterocycles. The number of sulfonamides is 2. The first-order valence-corrected chi connectivity index (χ1v) is 8.99. The number of benzene rings is 2. The summed E-state index contributed by atoms with van der Waals surface area (Å²) in [6.45, 7) is 0. The molecule has 0 aliphatic rings. The van der Waals surface area contributed by atoms with Gasteiger partial charge in [-0.15, -0.1) is 0 Å². The highest BCUT2D eigenvalue weighted by Gasteiger charge is 2.13. The molecular formula is C13H12N2O5S2. The lowest BCUT2D eigenvalue weighted by Crippen LogP contribution is -2.13. The van der Waals surface area contributed by atoms with E-state index in [-0.39, 0.29) is 26.7 Å². The second-order valence-electron chi connectivity index (χ2n) is 4.47. The predicted molar refractivity (Wildman–Crippen MR) is 79.1 cm³/mol. The minimum atomic E-state index is -3.82. The highest BCUT2D eigenvalue weighted by molar-refractivity contribution is 7.89. The third-order valence-electron chi connectivity index (χ3n) is 2.89. The number of primary sulfonamides is 2. The van der Waals surface area contributed by atoms with E-state index in [1.807, 2.05) is 0 Å². The summed E-state index contributed by atoms with van der Waals surface area (Å²) in [5.74, 6) is -0.387. The van der Waals surface area contributed by atoms with Crippen molar-refractivity contribution in [3.63, 3.8) is 0 Å². The molecule has 0 radical (unpaired) electrons. The standard InChI is InChI=1S/C13H12N2O5S2/c14-21(17,18)11-5-1-9(2-6-11)13(16)10-3-7-12(8-4-10)22(15,19)20/h1-8H,(H2,14,17,18)(H2,15,19,20). The van der Waals surface area contributed by atoms with Gasteiger partial charge in [-0.3, -0.25) is 4.79 Å². The van der Waals surface area contributed by atoms with Gasteiger partial charge in [0.1, 0.15) is 0 Å². The lowest BCUT2D eigenvalue weighted by molar-refractivity contribution is 0.103. The molecule has 0 aliphatic carbocycles. The highest BCUT2D eigenvalue weighted by Crippen LogP contribution is 2.15. The number of carbonyl (C=O) groups excluding carboxylic acids is 1. The van der Waals surface area contributed by atoms with Crippen LogP contribution in [-0.2, 0) is 20.0 Å². The van der Waals surface area contributed by atoms with Crippen LogP contribution in [0.3, 0.4) is 0 Å². The summed E-state index contributed by atoms with van der Waals surface area (Å²) >= 11 is 0. The Morgan fingerprint density at radius 1 is 0.636 bits per heavy atom. The topological polar surface area (TPSA) is 137 Å². The summed E-state index contributed by atoms with van der Waals surface area (Å²) in [4.78, 5) is 12.0. The first-order chi connectivity index (χ1) is 10.1. The molecule has 2 aromatic rings. The van der Waals surface area contributed by atoms with Crippen molar-refractivity contribution in [3.05, 3.63) is 59.7 Å². The molecule has 116 valence electrons. The van der Waals surface area contributed by atoms with Gasteiger partial charge in [0.05, 0.1) is 9.79 Å². The van der Waals surface area contributed by atoms with E-state index in [4.69, 9.17) is 10.3 Å². The van der Waals surface area contributed by atoms with E-state index in [2.05, 4.69) is 0 Å². The number of carbonyl (C=O) groups is 1. The molecule has 2 aromatic carbocycles. The third-order valence-corrected chi connectivity index (χ3v) is 4.75. The zero-order valence-corrected chi connectivity index (χ0v) is 12.8. The van der Waals surface area contributed by atoms with E-state index in [0.29, 0.717) is 0 Å². The zero-order valence-electron chi connectivity index (χ0n) is 11.1. The van der Waals surface area contributed by atoms with Gasteiger partial charge in [0, 0.05) is 11.1 Å². The van der Waals surface area contributed by atoms with E-state index in [0.717, 1.165) is 0 Å². The van der Waals surface area contributed by atoms with Gasteiger partial charge < -0.3 is 0 Å². The van der Waals surface area contributed by atoms with Crippen LogP contribution in [0.2, 0.25) is 0 Å². The third kappa shape index (κ3) is 3.57. The van der Waals surface area contributed by atoms with Gasteiger partial charge in [0.25, 0.3) is 0 Å². The Balaban J connectivity index is 2.32. The lowest BCUT2D eigenvalue weighted by atomic mass is 10.0. The Morgan fingerprint density at radius 2 is 0.909 bits per heavy atom. The van der Waals surface area contributed by atoms with Crippen LogP contribution < -0.4 is 10.3 Å². The van der Waals surface area contributed by atoms with Gasteiger partial charge in [0.2, 0.25) is 20.0 Å². The molecule has 2 rings (SSSR count).